The van der Waals surface area contributed by atoms with Gasteiger partial charge >= 0.3 is 0 Å². The first kappa shape index (κ1) is 13.7. The predicted octanol–water partition coefficient (Wildman–Crippen LogP) is 3.20. The SMILES string of the molecule is CCC(NCCCC(C)CO)c1cccs1. The van der Waals surface area contributed by atoms with Crippen LogP contribution >= 0.6 is 11.3 Å². The molecule has 0 fully saturated rings. The summed E-state index contributed by atoms with van der Waals surface area (Å²) >= 11 is 1.82. The van der Waals surface area contributed by atoms with Crippen molar-refractivity contribution in [3.63, 3.8) is 0 Å². The fourth-order valence-corrected chi connectivity index (χ4v) is 2.64. The first-order valence-electron chi connectivity index (χ1n) is 6.15. The molecule has 2 unspecified atom stereocenters. The first-order chi connectivity index (χ1) is 7.77. The summed E-state index contributed by atoms with van der Waals surface area (Å²) in [7, 11) is 0. The van der Waals surface area contributed by atoms with Gasteiger partial charge in [0, 0.05) is 17.5 Å². The largest absolute Gasteiger partial charge is 0.396 e. The zero-order chi connectivity index (χ0) is 11.8. The number of aliphatic hydroxyl groups is 1. The molecule has 0 aliphatic carbocycles. The highest BCUT2D eigenvalue weighted by molar-refractivity contribution is 7.10. The van der Waals surface area contributed by atoms with Crippen LogP contribution in [0.15, 0.2) is 17.5 Å². The van der Waals surface area contributed by atoms with Crippen LogP contribution in [0.4, 0.5) is 0 Å². The Hall–Kier alpha value is -0.380. The molecule has 2 atom stereocenters. The highest BCUT2D eigenvalue weighted by Gasteiger charge is 2.08. The van der Waals surface area contributed by atoms with Crippen LogP contribution in [0.5, 0.6) is 0 Å². The van der Waals surface area contributed by atoms with Crippen molar-refractivity contribution in [1.82, 2.24) is 5.32 Å². The fourth-order valence-electron chi connectivity index (χ4n) is 1.75. The molecule has 1 aromatic rings. The molecule has 92 valence electrons. The molecule has 0 aromatic carbocycles. The molecule has 1 rings (SSSR count). The molecule has 0 saturated carbocycles. The Labute approximate surface area is 103 Å². The fraction of sp³-hybridized carbons (Fsp3) is 0.692. The second-order valence-electron chi connectivity index (χ2n) is 4.36. The van der Waals surface area contributed by atoms with Gasteiger partial charge in [0.1, 0.15) is 0 Å². The van der Waals surface area contributed by atoms with Gasteiger partial charge in [0.05, 0.1) is 0 Å². The second kappa shape index (κ2) is 7.82. The molecular weight excluding hydrogens is 218 g/mol. The number of hydrogen-bond acceptors (Lipinski definition) is 3. The Morgan fingerprint density at radius 3 is 2.88 bits per heavy atom. The normalized spacial score (nSPS) is 14.9. The smallest absolute Gasteiger partial charge is 0.0456 e. The minimum atomic E-state index is 0.308. The van der Waals surface area contributed by atoms with Crippen LogP contribution in [-0.2, 0) is 0 Å². The summed E-state index contributed by atoms with van der Waals surface area (Å²) in [6, 6.07) is 4.81. The lowest BCUT2D eigenvalue weighted by atomic mass is 10.1. The highest BCUT2D eigenvalue weighted by Crippen LogP contribution is 2.21. The molecule has 3 heteroatoms. The van der Waals surface area contributed by atoms with Gasteiger partial charge in [-0.15, -0.1) is 11.3 Å². The number of rotatable bonds is 8. The molecule has 0 bridgehead atoms. The summed E-state index contributed by atoms with van der Waals surface area (Å²) in [6.45, 7) is 5.66. The third-order valence-electron chi connectivity index (χ3n) is 2.87. The molecule has 1 heterocycles. The van der Waals surface area contributed by atoms with E-state index in [4.69, 9.17) is 5.11 Å². The van der Waals surface area contributed by atoms with Crippen molar-refractivity contribution in [1.29, 1.82) is 0 Å². The van der Waals surface area contributed by atoms with E-state index in [1.54, 1.807) is 0 Å². The quantitative estimate of drug-likeness (QED) is 0.685. The summed E-state index contributed by atoms with van der Waals surface area (Å²) in [5.74, 6) is 0.434. The molecule has 0 aliphatic heterocycles. The number of hydrogen-bond donors (Lipinski definition) is 2. The summed E-state index contributed by atoms with van der Waals surface area (Å²) in [5.41, 5.74) is 0. The van der Waals surface area contributed by atoms with Gasteiger partial charge in [0.15, 0.2) is 0 Å². The van der Waals surface area contributed by atoms with E-state index in [2.05, 4.69) is 36.7 Å². The van der Waals surface area contributed by atoms with E-state index in [9.17, 15) is 0 Å². The molecule has 0 spiro atoms. The van der Waals surface area contributed by atoms with Gasteiger partial charge in [-0.1, -0.05) is 19.9 Å². The Morgan fingerprint density at radius 2 is 2.31 bits per heavy atom. The van der Waals surface area contributed by atoms with E-state index in [1.165, 1.54) is 4.88 Å². The molecule has 1 aromatic heterocycles. The Bertz CT molecular complexity index is 261. The van der Waals surface area contributed by atoms with Crippen molar-refractivity contribution in [2.24, 2.45) is 5.92 Å². The standard InChI is InChI=1S/C13H23NOS/c1-3-12(13-7-5-9-16-13)14-8-4-6-11(2)10-15/h5,7,9,11-12,14-15H,3-4,6,8,10H2,1-2H3. The van der Waals surface area contributed by atoms with E-state index >= 15 is 0 Å². The van der Waals surface area contributed by atoms with Crippen molar-refractivity contribution in [3.8, 4) is 0 Å². The molecule has 16 heavy (non-hydrogen) atoms. The maximum atomic E-state index is 8.92. The second-order valence-corrected chi connectivity index (χ2v) is 5.34. The van der Waals surface area contributed by atoms with Crippen molar-refractivity contribution in [2.75, 3.05) is 13.2 Å². The van der Waals surface area contributed by atoms with E-state index in [0.717, 1.165) is 25.8 Å². The molecule has 0 amide bonds. The molecule has 2 N–H and O–H groups in total. The van der Waals surface area contributed by atoms with Gasteiger partial charge in [-0.2, -0.15) is 0 Å². The van der Waals surface area contributed by atoms with Crippen molar-refractivity contribution in [2.45, 2.75) is 39.2 Å². The monoisotopic (exact) mass is 241 g/mol. The number of aliphatic hydroxyl groups excluding tert-OH is 1. The maximum Gasteiger partial charge on any atom is 0.0456 e. The summed E-state index contributed by atoms with van der Waals surface area (Å²) in [6.07, 6.45) is 3.38. The first-order valence-corrected chi connectivity index (χ1v) is 7.03. The molecule has 0 radical (unpaired) electrons. The summed E-state index contributed by atoms with van der Waals surface area (Å²) < 4.78 is 0. The van der Waals surface area contributed by atoms with Crippen LogP contribution in [0.3, 0.4) is 0 Å². The highest BCUT2D eigenvalue weighted by atomic mass is 32.1. The van der Waals surface area contributed by atoms with Crippen LogP contribution in [-0.4, -0.2) is 18.3 Å². The molecular formula is C13H23NOS. The van der Waals surface area contributed by atoms with E-state index < -0.39 is 0 Å². The third-order valence-corrected chi connectivity index (χ3v) is 3.86. The average molecular weight is 241 g/mol. The van der Waals surface area contributed by atoms with Crippen LogP contribution in [0, 0.1) is 5.92 Å². The number of thiophene rings is 1. The van der Waals surface area contributed by atoms with Crippen LogP contribution in [0.25, 0.3) is 0 Å². The number of nitrogens with one attached hydrogen (secondary N) is 1. The zero-order valence-corrected chi connectivity index (χ0v) is 11.1. The van der Waals surface area contributed by atoms with Gasteiger partial charge in [0.25, 0.3) is 0 Å². The molecule has 0 saturated heterocycles. The molecule has 0 aliphatic rings. The van der Waals surface area contributed by atoms with Gasteiger partial charge in [-0.3, -0.25) is 0 Å². The van der Waals surface area contributed by atoms with E-state index in [-0.39, 0.29) is 0 Å². The minimum Gasteiger partial charge on any atom is -0.396 e. The lowest BCUT2D eigenvalue weighted by molar-refractivity contribution is 0.227. The van der Waals surface area contributed by atoms with E-state index in [1.807, 2.05) is 11.3 Å². The van der Waals surface area contributed by atoms with Gasteiger partial charge < -0.3 is 10.4 Å². The maximum absolute atomic E-state index is 8.92. The lowest BCUT2D eigenvalue weighted by Gasteiger charge is -2.16. The topological polar surface area (TPSA) is 32.3 Å². The Balaban J connectivity index is 2.20. The van der Waals surface area contributed by atoms with Crippen molar-refractivity contribution >= 4 is 11.3 Å². The van der Waals surface area contributed by atoms with E-state index in [0.29, 0.717) is 18.6 Å². The van der Waals surface area contributed by atoms with Gasteiger partial charge in [-0.25, -0.2) is 0 Å². The molecule has 2 nitrogen and oxygen atoms in total. The van der Waals surface area contributed by atoms with Gasteiger partial charge in [0.2, 0.25) is 0 Å². The van der Waals surface area contributed by atoms with Gasteiger partial charge in [-0.05, 0) is 43.2 Å². The van der Waals surface area contributed by atoms with Crippen LogP contribution in [0.1, 0.15) is 44.0 Å². The summed E-state index contributed by atoms with van der Waals surface area (Å²) in [5, 5.41) is 14.6. The van der Waals surface area contributed by atoms with Crippen molar-refractivity contribution in [3.05, 3.63) is 22.4 Å². The summed E-state index contributed by atoms with van der Waals surface area (Å²) in [4.78, 5) is 1.43. The Kier molecular flexibility index (Phi) is 6.69. The lowest BCUT2D eigenvalue weighted by Crippen LogP contribution is -2.21. The predicted molar refractivity (Wildman–Crippen MR) is 70.8 cm³/mol. The average Bonchev–Trinajstić information content (AvgIpc) is 2.82. The Morgan fingerprint density at radius 1 is 1.50 bits per heavy atom. The van der Waals surface area contributed by atoms with Crippen molar-refractivity contribution < 1.29 is 5.11 Å². The minimum absolute atomic E-state index is 0.308. The van der Waals surface area contributed by atoms with Crippen LogP contribution < -0.4 is 5.32 Å². The zero-order valence-electron chi connectivity index (χ0n) is 10.3. The van der Waals surface area contributed by atoms with Crippen LogP contribution in [0.2, 0.25) is 0 Å². The third kappa shape index (κ3) is 4.64.